The molecule has 0 amide bonds. The first-order valence-electron chi connectivity index (χ1n) is 17.2. The second-order valence-electron chi connectivity index (χ2n) is 13.5. The van der Waals surface area contributed by atoms with Gasteiger partial charge in [0.2, 0.25) is 0 Å². The lowest BCUT2D eigenvalue weighted by molar-refractivity contribution is 0.104. The normalized spacial score (nSPS) is 18.5. The quantitative estimate of drug-likeness (QED) is 0.171. The van der Waals surface area contributed by atoms with Crippen molar-refractivity contribution in [1.29, 1.82) is 0 Å². The van der Waals surface area contributed by atoms with E-state index in [2.05, 4.69) is 23.9 Å². The molecule has 278 valence electrons. The highest BCUT2D eigenvalue weighted by Gasteiger charge is 2.29. The van der Waals surface area contributed by atoms with E-state index in [1.54, 1.807) is 24.3 Å². The summed E-state index contributed by atoms with van der Waals surface area (Å²) in [6.07, 6.45) is 4.80. The van der Waals surface area contributed by atoms with E-state index < -0.39 is 20.2 Å². The first-order chi connectivity index (χ1) is 24.6. The molecule has 0 unspecified atom stereocenters. The fraction of sp³-hybridized carbons (Fsp3) is 0.359. The van der Waals surface area contributed by atoms with Crippen molar-refractivity contribution in [2.75, 3.05) is 40.4 Å². The number of nitrogens with zero attached hydrogens (tertiary/aromatic N) is 2. The Bertz CT molecular complexity index is 1940. The van der Waals surface area contributed by atoms with Gasteiger partial charge in [-0.05, 0) is 139 Å². The number of likely N-dealkylation sites (tertiary alicyclic amines) is 2. The van der Waals surface area contributed by atoms with Crippen molar-refractivity contribution in [2.24, 2.45) is 0 Å². The fourth-order valence-corrected chi connectivity index (χ4v) is 7.36. The van der Waals surface area contributed by atoms with Crippen LogP contribution in [0.3, 0.4) is 0 Å². The number of ketones is 1. The largest absolute Gasteiger partial charge is 0.492 e. The Morgan fingerprint density at radius 2 is 0.962 bits per heavy atom. The number of fused-ring (bicyclic) bond motifs is 3. The lowest BCUT2D eigenvalue weighted by Crippen LogP contribution is -2.30. The van der Waals surface area contributed by atoms with Crippen LogP contribution in [0.25, 0.3) is 11.1 Å². The number of carbonyl (C=O) groups excluding carboxylic acids is 1. The third-order valence-electron chi connectivity index (χ3n) is 9.63. The molecule has 7 rings (SSSR count). The lowest BCUT2D eigenvalue weighted by atomic mass is 10.1. The van der Waals surface area contributed by atoms with Crippen molar-refractivity contribution in [3.05, 3.63) is 107 Å². The molecule has 0 radical (unpaired) electrons. The molecular weight excluding hydrogens is 705 g/mol. The highest BCUT2D eigenvalue weighted by Crippen LogP contribution is 2.40. The van der Waals surface area contributed by atoms with Crippen LogP contribution in [-0.4, -0.2) is 94.0 Å². The molecule has 4 aromatic rings. The Hall–Kier alpha value is -4.11. The molecule has 3 aliphatic rings. The number of hydrogen-bond donors (Lipinski definition) is 2. The average molecular weight is 751 g/mol. The molecule has 2 N–H and O–H groups in total. The molecule has 1 aliphatic carbocycles. The molecule has 0 spiro atoms. The number of benzene rings is 4. The van der Waals surface area contributed by atoms with Gasteiger partial charge in [0.1, 0.15) is 24.7 Å². The predicted octanol–water partition coefficient (Wildman–Crippen LogP) is 6.33. The Morgan fingerprint density at radius 1 is 0.596 bits per heavy atom. The van der Waals surface area contributed by atoms with Crippen LogP contribution in [0.2, 0.25) is 0 Å². The van der Waals surface area contributed by atoms with Gasteiger partial charge in [0, 0.05) is 23.2 Å². The van der Waals surface area contributed by atoms with E-state index in [0.29, 0.717) is 25.3 Å². The van der Waals surface area contributed by atoms with Crippen molar-refractivity contribution >= 4 is 26.0 Å². The topological polar surface area (TPSA) is 151 Å². The van der Waals surface area contributed by atoms with Crippen LogP contribution in [0.4, 0.5) is 0 Å². The van der Waals surface area contributed by atoms with Gasteiger partial charge in [0.15, 0.2) is 5.78 Å². The highest BCUT2D eigenvalue weighted by atomic mass is 32.2. The summed E-state index contributed by atoms with van der Waals surface area (Å²) in [5.74, 6) is 1.61. The third kappa shape index (κ3) is 10.1. The van der Waals surface area contributed by atoms with Crippen LogP contribution in [0.15, 0.2) is 94.7 Å². The number of likely N-dealkylation sites (N-methyl/N-ethyl adjacent to an activating group) is 2. The molecular formula is C39H46N2O9S2. The van der Waals surface area contributed by atoms with E-state index in [1.807, 2.05) is 50.2 Å². The highest BCUT2D eigenvalue weighted by molar-refractivity contribution is 7.86. The van der Waals surface area contributed by atoms with Gasteiger partial charge in [-0.1, -0.05) is 35.4 Å². The Morgan fingerprint density at radius 3 is 1.27 bits per heavy atom. The second-order valence-corrected chi connectivity index (χ2v) is 16.3. The van der Waals surface area contributed by atoms with Crippen LogP contribution < -0.4 is 9.47 Å². The second kappa shape index (κ2) is 16.7. The number of ether oxygens (including phenoxy) is 2. The fourth-order valence-electron chi connectivity index (χ4n) is 6.40. The van der Waals surface area contributed by atoms with Crippen LogP contribution >= 0.6 is 0 Å². The van der Waals surface area contributed by atoms with Crippen LogP contribution in [-0.2, 0) is 20.2 Å². The Labute approximate surface area is 306 Å². The minimum atomic E-state index is -4.02. The molecule has 2 aliphatic heterocycles. The maximum atomic E-state index is 13.1. The van der Waals surface area contributed by atoms with Crippen LogP contribution in [0, 0.1) is 13.8 Å². The monoisotopic (exact) mass is 750 g/mol. The molecule has 52 heavy (non-hydrogen) atoms. The van der Waals surface area contributed by atoms with Crippen molar-refractivity contribution in [3.63, 3.8) is 0 Å². The molecule has 2 saturated heterocycles. The van der Waals surface area contributed by atoms with E-state index in [1.165, 1.54) is 49.9 Å². The molecule has 2 fully saturated rings. The Balaban J connectivity index is 0.000000194. The lowest BCUT2D eigenvalue weighted by Gasteiger charge is -2.19. The minimum Gasteiger partial charge on any atom is -0.492 e. The first kappa shape index (κ1) is 39.1. The average Bonchev–Trinajstić information content (AvgIpc) is 3.79. The minimum absolute atomic E-state index is 0.0619. The van der Waals surface area contributed by atoms with Gasteiger partial charge in [0.05, 0.1) is 9.79 Å². The van der Waals surface area contributed by atoms with Gasteiger partial charge in [-0.15, -0.1) is 0 Å². The SMILES string of the molecule is CN1CCC[C@@H]1COc1ccc2c(c1)C(=O)c1cc(OC[C@H]3CCCN3C)ccc1-2.Cc1ccc(S(=O)(=O)O)cc1.Cc1ccc(S(=O)(=O)O)cc1. The predicted molar refractivity (Wildman–Crippen MR) is 200 cm³/mol. The molecule has 13 heteroatoms. The number of rotatable bonds is 8. The summed E-state index contributed by atoms with van der Waals surface area (Å²) < 4.78 is 71.2. The summed E-state index contributed by atoms with van der Waals surface area (Å²) in [6, 6.07) is 24.7. The third-order valence-corrected chi connectivity index (χ3v) is 11.4. The zero-order chi connectivity index (χ0) is 37.6. The van der Waals surface area contributed by atoms with Crippen LogP contribution in [0.1, 0.15) is 52.7 Å². The summed E-state index contributed by atoms with van der Waals surface area (Å²) in [5.41, 5.74) is 5.35. The number of carbonyl (C=O) groups is 1. The molecule has 0 bridgehead atoms. The Kier molecular flexibility index (Phi) is 12.6. The molecule has 2 heterocycles. The van der Waals surface area contributed by atoms with Gasteiger partial charge in [0.25, 0.3) is 20.2 Å². The van der Waals surface area contributed by atoms with E-state index in [4.69, 9.17) is 18.6 Å². The van der Waals surface area contributed by atoms with Gasteiger partial charge in [-0.3, -0.25) is 13.9 Å². The van der Waals surface area contributed by atoms with Gasteiger partial charge < -0.3 is 19.3 Å². The van der Waals surface area contributed by atoms with Gasteiger partial charge >= 0.3 is 0 Å². The molecule has 2 atom stereocenters. The van der Waals surface area contributed by atoms with Crippen LogP contribution in [0.5, 0.6) is 11.5 Å². The maximum Gasteiger partial charge on any atom is 0.294 e. The standard InChI is InChI=1S/C25H30N2O3.2C7H8O3S/c1-26-11-3-5-17(26)15-29-19-7-9-21-22-10-8-20(14-24(22)25(28)23(21)13-19)30-16-18-6-4-12-27(18)2;2*1-6-2-4-7(5-3-6)11(8,9)10/h7-10,13-14,17-18H,3-6,11-12,15-16H2,1-2H3;2*2-5H,1H3,(H,8,9,10)/t17-,18-;;/m1../s1. The maximum absolute atomic E-state index is 13.1. The van der Waals surface area contributed by atoms with Gasteiger partial charge in [-0.25, -0.2) is 0 Å². The zero-order valence-electron chi connectivity index (χ0n) is 29.9. The first-order valence-corrected chi connectivity index (χ1v) is 20.1. The van der Waals surface area contributed by atoms with E-state index in [0.717, 1.165) is 58.0 Å². The summed E-state index contributed by atoms with van der Waals surface area (Å²) in [6.45, 7) is 7.29. The van der Waals surface area contributed by atoms with Crippen molar-refractivity contribution < 1.29 is 40.2 Å². The molecule has 11 nitrogen and oxygen atoms in total. The molecule has 0 aromatic heterocycles. The van der Waals surface area contributed by atoms with Crippen molar-refractivity contribution in [2.45, 2.75) is 61.4 Å². The number of aryl methyl sites for hydroxylation is 2. The van der Waals surface area contributed by atoms with Crippen molar-refractivity contribution in [1.82, 2.24) is 9.80 Å². The zero-order valence-corrected chi connectivity index (χ0v) is 31.5. The number of hydrogen-bond acceptors (Lipinski definition) is 9. The van der Waals surface area contributed by atoms with E-state index in [-0.39, 0.29) is 15.6 Å². The smallest absolute Gasteiger partial charge is 0.294 e. The summed E-state index contributed by atoms with van der Waals surface area (Å²) >= 11 is 0. The summed E-state index contributed by atoms with van der Waals surface area (Å²) in [4.78, 5) is 17.6. The molecule has 0 saturated carbocycles. The van der Waals surface area contributed by atoms with E-state index in [9.17, 15) is 21.6 Å². The summed E-state index contributed by atoms with van der Waals surface area (Å²) in [7, 11) is -3.74. The molecule has 4 aromatic carbocycles. The summed E-state index contributed by atoms with van der Waals surface area (Å²) in [5, 5.41) is 0. The van der Waals surface area contributed by atoms with Gasteiger partial charge in [-0.2, -0.15) is 16.8 Å². The van der Waals surface area contributed by atoms with E-state index >= 15 is 0 Å². The van der Waals surface area contributed by atoms with Crippen molar-refractivity contribution in [3.8, 4) is 22.6 Å².